The first-order chi connectivity index (χ1) is 34.9. The van der Waals surface area contributed by atoms with Crippen LogP contribution in [0.1, 0.15) is 122 Å². The Kier molecular flexibility index (Phi) is 17.9. The number of carbonyl (C=O) groups excluding carboxylic acids is 6. The number of carbonyl (C=O) groups is 6. The van der Waals surface area contributed by atoms with E-state index >= 15 is 0 Å². The highest BCUT2D eigenvalue weighted by molar-refractivity contribution is 7.94. The molecule has 0 aliphatic carbocycles. The fourth-order valence-corrected chi connectivity index (χ4v) is 14.7. The van der Waals surface area contributed by atoms with Gasteiger partial charge in [-0.2, -0.15) is 0 Å². The molecule has 6 aromatic carbocycles. The molecule has 0 atom stereocenters. The fourth-order valence-electron chi connectivity index (χ4n) is 9.49. The van der Waals surface area contributed by atoms with E-state index in [1.165, 1.54) is 12.2 Å². The molecule has 0 radical (unpaired) electrons. The Morgan fingerprint density at radius 3 is 1.16 bits per heavy atom. The Balaban J connectivity index is 1.05. The summed E-state index contributed by atoms with van der Waals surface area (Å²) in [5, 5.41) is 1.54. The number of esters is 1. The molecular weight excluding hydrogens is 967 g/mol. The largest absolute Gasteiger partial charge is 0.457 e. The van der Waals surface area contributed by atoms with Crippen molar-refractivity contribution in [3.8, 4) is 0 Å². The monoisotopic (exact) mass is 1030 g/mol. The Morgan fingerprint density at radius 2 is 0.797 bits per heavy atom. The van der Waals surface area contributed by atoms with Crippen LogP contribution in [0.25, 0.3) is 0 Å². The molecule has 0 unspecified atom stereocenters. The molecule has 12 heteroatoms. The smallest absolute Gasteiger partial charge is 0.331 e. The lowest BCUT2D eigenvalue weighted by molar-refractivity contribution is -0.151. The van der Waals surface area contributed by atoms with E-state index in [0.717, 1.165) is 12.2 Å². The molecule has 0 bridgehead atoms. The standard InChI is InChI=1S/C62H64O10P2/c1-41-39-43(3)57(59(67)73(69,47-25-15-11-16-26-47)48-27-17-12-18-28-48)45(5)55(41)51(63)33-35-53(65)62(9,10)71-38-24-23-37-61(7,8)72-54(66)36-34-52(64)56-42(2)40-44(4)58(46(56)6)60(68)74(70,49-29-19-13-20-30-49)50-31-21-14-22-32-50/h11-22,25-36,39-40H,23-24,37-38H2,1-10H3/b35-33-,36-34-. The topological polar surface area (TPSA) is 155 Å². The van der Waals surface area contributed by atoms with Crippen molar-refractivity contribution in [2.24, 2.45) is 0 Å². The molecule has 0 spiro atoms. The van der Waals surface area contributed by atoms with Gasteiger partial charge in [-0.05, 0) is 140 Å². The van der Waals surface area contributed by atoms with Crippen molar-refractivity contribution < 1.29 is 47.4 Å². The number of ether oxygens (including phenoxy) is 2. The number of hydrogen-bond acceptors (Lipinski definition) is 10. The molecule has 0 aromatic heterocycles. The summed E-state index contributed by atoms with van der Waals surface area (Å²) in [7, 11) is -7.74. The van der Waals surface area contributed by atoms with E-state index in [9.17, 15) is 37.9 Å². The quantitative estimate of drug-likeness (QED) is 0.0211. The molecule has 382 valence electrons. The molecule has 6 aromatic rings. The predicted octanol–water partition coefficient (Wildman–Crippen LogP) is 11.9. The first kappa shape index (κ1) is 56.3. The highest BCUT2D eigenvalue weighted by Gasteiger charge is 2.40. The maximum atomic E-state index is 15.0. The summed E-state index contributed by atoms with van der Waals surface area (Å²) >= 11 is 0. The number of rotatable bonds is 22. The molecule has 0 saturated carbocycles. The van der Waals surface area contributed by atoms with Crippen LogP contribution in [0.5, 0.6) is 0 Å². The zero-order chi connectivity index (χ0) is 54.2. The van der Waals surface area contributed by atoms with E-state index in [2.05, 4.69) is 0 Å². The average molecular weight is 1030 g/mol. The first-order valence-corrected chi connectivity index (χ1v) is 28.0. The molecule has 0 saturated heterocycles. The lowest BCUT2D eigenvalue weighted by Crippen LogP contribution is -2.34. The fraction of sp³-hybridized carbons (Fsp3) is 0.258. The number of ketones is 3. The molecular formula is C62H64O10P2. The van der Waals surface area contributed by atoms with Crippen LogP contribution in [-0.4, -0.2) is 52.2 Å². The maximum Gasteiger partial charge on any atom is 0.331 e. The van der Waals surface area contributed by atoms with Crippen LogP contribution in [0.4, 0.5) is 0 Å². The van der Waals surface area contributed by atoms with E-state index in [4.69, 9.17) is 9.47 Å². The highest BCUT2D eigenvalue weighted by Crippen LogP contribution is 2.50. The van der Waals surface area contributed by atoms with Crippen LogP contribution >= 0.6 is 14.3 Å². The Hall–Kier alpha value is -6.96. The van der Waals surface area contributed by atoms with Crippen molar-refractivity contribution in [1.82, 2.24) is 0 Å². The van der Waals surface area contributed by atoms with E-state index in [1.807, 2.05) is 0 Å². The normalized spacial score (nSPS) is 12.2. The molecule has 0 N–H and O–H groups in total. The number of unbranched alkanes of at least 4 members (excludes halogenated alkanes) is 1. The third-order valence-corrected chi connectivity index (χ3v) is 19.0. The van der Waals surface area contributed by atoms with Crippen molar-refractivity contribution in [2.75, 3.05) is 6.61 Å². The van der Waals surface area contributed by atoms with E-state index in [-0.39, 0.29) is 28.9 Å². The third kappa shape index (κ3) is 12.2. The molecule has 0 fully saturated rings. The molecule has 0 aliphatic rings. The lowest BCUT2D eigenvalue weighted by Gasteiger charge is -2.25. The minimum absolute atomic E-state index is 0.190. The highest BCUT2D eigenvalue weighted by atomic mass is 31.2. The van der Waals surface area contributed by atoms with Gasteiger partial charge in [-0.15, -0.1) is 0 Å². The second kappa shape index (κ2) is 23.5. The number of allylic oxidation sites excluding steroid dienone is 2. The van der Waals surface area contributed by atoms with Crippen LogP contribution in [0, 0.1) is 41.5 Å². The Morgan fingerprint density at radius 1 is 0.459 bits per heavy atom. The molecule has 10 nitrogen and oxygen atoms in total. The van der Waals surface area contributed by atoms with Crippen LogP contribution < -0.4 is 21.2 Å². The number of benzene rings is 6. The summed E-state index contributed by atoms with van der Waals surface area (Å²) in [5.74, 6) is -2.18. The minimum Gasteiger partial charge on any atom is -0.457 e. The van der Waals surface area contributed by atoms with Crippen LogP contribution in [-0.2, 0) is 28.2 Å². The van der Waals surface area contributed by atoms with Gasteiger partial charge in [0.05, 0.1) is 0 Å². The zero-order valence-electron chi connectivity index (χ0n) is 43.8. The summed E-state index contributed by atoms with van der Waals surface area (Å²) in [6, 6.07) is 37.9. The van der Waals surface area contributed by atoms with Gasteiger partial charge in [0.25, 0.3) is 0 Å². The second-order valence-electron chi connectivity index (χ2n) is 19.7. The van der Waals surface area contributed by atoms with Crippen LogP contribution in [0.3, 0.4) is 0 Å². The van der Waals surface area contributed by atoms with E-state index in [1.54, 1.807) is 203 Å². The van der Waals surface area contributed by atoms with Gasteiger partial charge < -0.3 is 18.6 Å². The van der Waals surface area contributed by atoms with Crippen LogP contribution in [0.2, 0.25) is 0 Å². The molecule has 0 aliphatic heterocycles. The summed E-state index contributed by atoms with van der Waals surface area (Å²) in [6.45, 7) is 17.3. The number of hydrogen-bond donors (Lipinski definition) is 0. The van der Waals surface area contributed by atoms with Crippen molar-refractivity contribution in [2.45, 2.75) is 99.7 Å². The predicted molar refractivity (Wildman–Crippen MR) is 295 cm³/mol. The molecule has 74 heavy (non-hydrogen) atoms. The number of aryl methyl sites for hydroxylation is 4. The Labute approximate surface area is 435 Å². The van der Waals surface area contributed by atoms with Gasteiger partial charge in [0.2, 0.25) is 25.3 Å². The van der Waals surface area contributed by atoms with Crippen molar-refractivity contribution in [3.63, 3.8) is 0 Å². The van der Waals surface area contributed by atoms with Gasteiger partial charge >= 0.3 is 5.97 Å². The van der Waals surface area contributed by atoms with E-state index in [0.29, 0.717) is 73.9 Å². The van der Waals surface area contributed by atoms with E-state index < -0.39 is 59.9 Å². The Bertz CT molecular complexity index is 3190. The second-order valence-corrected chi connectivity index (χ2v) is 25.0. The zero-order valence-corrected chi connectivity index (χ0v) is 45.6. The van der Waals surface area contributed by atoms with Gasteiger partial charge in [0.1, 0.15) is 11.2 Å². The summed E-state index contributed by atoms with van der Waals surface area (Å²) in [4.78, 5) is 83.3. The molecule has 6 rings (SSSR count). The van der Waals surface area contributed by atoms with Crippen molar-refractivity contribution in [3.05, 3.63) is 213 Å². The lowest BCUT2D eigenvalue weighted by atomic mass is 9.91. The third-order valence-electron chi connectivity index (χ3n) is 13.3. The van der Waals surface area contributed by atoms with Crippen molar-refractivity contribution in [1.29, 1.82) is 0 Å². The van der Waals surface area contributed by atoms with Gasteiger partial charge in [-0.25, -0.2) is 4.79 Å². The molecule has 0 amide bonds. The van der Waals surface area contributed by atoms with Crippen molar-refractivity contribution >= 4 is 69.9 Å². The SMILES string of the molecule is Cc1cc(C)c(C(=O)P(=O)(c2ccccc2)c2ccccc2)c(C)c1C(=O)/C=C\C(=O)OC(C)(C)CCCCOC(C)(C)C(=O)/C=C\C(=O)c1c(C)cc(C)c(C(=O)P(=O)(c2ccccc2)c2ccccc2)c1C. The minimum atomic E-state index is -3.87. The summed E-state index contributed by atoms with van der Waals surface area (Å²) in [6.07, 6.45) is 6.05. The maximum absolute atomic E-state index is 15.0. The average Bonchev–Trinajstić information content (AvgIpc) is 3.37. The summed E-state index contributed by atoms with van der Waals surface area (Å²) in [5.41, 5.74) is 0.610. The first-order valence-electron chi connectivity index (χ1n) is 24.6. The summed E-state index contributed by atoms with van der Waals surface area (Å²) < 4.78 is 41.7. The van der Waals surface area contributed by atoms with Gasteiger partial charge in [0.15, 0.2) is 17.3 Å². The van der Waals surface area contributed by atoms with Gasteiger partial charge in [-0.3, -0.25) is 24.0 Å². The van der Waals surface area contributed by atoms with Gasteiger partial charge in [-0.1, -0.05) is 133 Å². The molecule has 0 heterocycles. The van der Waals surface area contributed by atoms with Crippen LogP contribution in [0.15, 0.2) is 158 Å². The van der Waals surface area contributed by atoms with Gasteiger partial charge in [0, 0.05) is 56.2 Å².